The van der Waals surface area contributed by atoms with Gasteiger partial charge in [-0.05, 0) is 31.4 Å². The van der Waals surface area contributed by atoms with Crippen molar-refractivity contribution in [1.82, 2.24) is 9.88 Å². The summed E-state index contributed by atoms with van der Waals surface area (Å²) >= 11 is 0. The molecule has 1 saturated carbocycles. The first-order valence-corrected chi connectivity index (χ1v) is 6.76. The van der Waals surface area contributed by atoms with E-state index in [-0.39, 0.29) is 0 Å². The van der Waals surface area contributed by atoms with Crippen molar-refractivity contribution in [3.63, 3.8) is 0 Å². The summed E-state index contributed by atoms with van der Waals surface area (Å²) in [6.07, 6.45) is 4.88. The maximum absolute atomic E-state index is 5.52. The highest BCUT2D eigenvalue weighted by atomic mass is 16.5. The van der Waals surface area contributed by atoms with Crippen molar-refractivity contribution in [3.05, 3.63) is 36.0 Å². The Kier molecular flexibility index (Phi) is 3.35. The van der Waals surface area contributed by atoms with Crippen LogP contribution in [0.2, 0.25) is 0 Å². The van der Waals surface area contributed by atoms with Crippen LogP contribution in [0.4, 0.5) is 0 Å². The average molecular weight is 244 g/mol. The molecule has 3 nitrogen and oxygen atoms in total. The Morgan fingerprint density at radius 3 is 2.94 bits per heavy atom. The standard InChI is InChI=1S/C15H20N2O/c1-2-18-11-17-10-12(9-16-13-7-8-13)14-5-3-4-6-15(14)17/h3-6,10,13,16H,2,7-9,11H2,1H3. The van der Waals surface area contributed by atoms with Crippen LogP contribution in [0.15, 0.2) is 30.5 Å². The van der Waals surface area contributed by atoms with Crippen LogP contribution in [-0.2, 0) is 18.0 Å². The Balaban J connectivity index is 1.86. The number of fused-ring (bicyclic) bond motifs is 1. The van der Waals surface area contributed by atoms with Gasteiger partial charge in [0.2, 0.25) is 0 Å². The molecule has 0 spiro atoms. The van der Waals surface area contributed by atoms with Crippen molar-refractivity contribution in [2.75, 3.05) is 6.61 Å². The number of para-hydroxylation sites is 1. The molecule has 0 unspecified atom stereocenters. The van der Waals surface area contributed by atoms with Crippen LogP contribution in [0, 0.1) is 0 Å². The Morgan fingerprint density at radius 2 is 2.17 bits per heavy atom. The summed E-state index contributed by atoms with van der Waals surface area (Å²) in [7, 11) is 0. The molecule has 1 aromatic carbocycles. The lowest BCUT2D eigenvalue weighted by Gasteiger charge is -2.04. The van der Waals surface area contributed by atoms with Gasteiger partial charge in [0, 0.05) is 30.8 Å². The van der Waals surface area contributed by atoms with E-state index in [1.807, 2.05) is 6.92 Å². The Hall–Kier alpha value is -1.32. The van der Waals surface area contributed by atoms with Crippen molar-refractivity contribution in [3.8, 4) is 0 Å². The molecule has 1 aromatic heterocycles. The fourth-order valence-electron chi connectivity index (χ4n) is 2.30. The van der Waals surface area contributed by atoms with E-state index >= 15 is 0 Å². The molecule has 96 valence electrons. The van der Waals surface area contributed by atoms with Gasteiger partial charge in [-0.3, -0.25) is 0 Å². The molecular weight excluding hydrogens is 224 g/mol. The summed E-state index contributed by atoms with van der Waals surface area (Å²) in [6.45, 7) is 4.38. The second kappa shape index (κ2) is 5.12. The van der Waals surface area contributed by atoms with Gasteiger partial charge in [0.1, 0.15) is 6.73 Å². The molecule has 3 heteroatoms. The van der Waals surface area contributed by atoms with Gasteiger partial charge in [-0.25, -0.2) is 0 Å². The van der Waals surface area contributed by atoms with E-state index in [0.717, 1.165) is 19.2 Å². The smallest absolute Gasteiger partial charge is 0.122 e. The minimum absolute atomic E-state index is 0.639. The molecule has 0 radical (unpaired) electrons. The van der Waals surface area contributed by atoms with E-state index in [2.05, 4.69) is 40.3 Å². The first-order valence-electron chi connectivity index (χ1n) is 6.76. The number of hydrogen-bond donors (Lipinski definition) is 1. The number of rotatable bonds is 6. The molecular formula is C15H20N2O. The highest BCUT2D eigenvalue weighted by Gasteiger charge is 2.20. The molecule has 0 bridgehead atoms. The van der Waals surface area contributed by atoms with Gasteiger partial charge in [0.05, 0.1) is 5.52 Å². The van der Waals surface area contributed by atoms with Crippen LogP contribution >= 0.6 is 0 Å². The lowest BCUT2D eigenvalue weighted by molar-refractivity contribution is 0.0908. The summed E-state index contributed by atoms with van der Waals surface area (Å²) in [6, 6.07) is 9.30. The van der Waals surface area contributed by atoms with Crippen LogP contribution in [0.5, 0.6) is 0 Å². The minimum Gasteiger partial charge on any atom is -0.361 e. The van der Waals surface area contributed by atoms with Crippen LogP contribution in [-0.4, -0.2) is 17.2 Å². The highest BCUT2D eigenvalue weighted by Crippen LogP contribution is 2.24. The topological polar surface area (TPSA) is 26.2 Å². The summed E-state index contributed by atoms with van der Waals surface area (Å²) in [4.78, 5) is 0. The molecule has 0 atom stereocenters. The van der Waals surface area contributed by atoms with Gasteiger partial charge in [-0.1, -0.05) is 18.2 Å². The van der Waals surface area contributed by atoms with Crippen LogP contribution in [0.25, 0.3) is 10.9 Å². The molecule has 1 fully saturated rings. The van der Waals surface area contributed by atoms with Gasteiger partial charge >= 0.3 is 0 Å². The fourth-order valence-corrected chi connectivity index (χ4v) is 2.30. The van der Waals surface area contributed by atoms with Gasteiger partial charge in [-0.2, -0.15) is 0 Å². The maximum Gasteiger partial charge on any atom is 0.122 e. The largest absolute Gasteiger partial charge is 0.361 e. The second-order valence-corrected chi connectivity index (χ2v) is 4.92. The predicted molar refractivity (Wildman–Crippen MR) is 73.4 cm³/mol. The zero-order valence-corrected chi connectivity index (χ0v) is 10.9. The monoisotopic (exact) mass is 244 g/mol. The molecule has 0 aliphatic heterocycles. The minimum atomic E-state index is 0.639. The normalized spacial score (nSPS) is 15.4. The Labute approximate surface area is 108 Å². The van der Waals surface area contributed by atoms with Crippen molar-refractivity contribution >= 4 is 10.9 Å². The highest BCUT2D eigenvalue weighted by molar-refractivity contribution is 5.83. The third-order valence-corrected chi connectivity index (χ3v) is 3.46. The fraction of sp³-hybridized carbons (Fsp3) is 0.467. The predicted octanol–water partition coefficient (Wildman–Crippen LogP) is 2.89. The summed E-state index contributed by atoms with van der Waals surface area (Å²) in [5, 5.41) is 4.92. The molecule has 1 aliphatic carbocycles. The third-order valence-electron chi connectivity index (χ3n) is 3.46. The number of nitrogens with one attached hydrogen (secondary N) is 1. The zero-order chi connectivity index (χ0) is 12.4. The number of benzene rings is 1. The third kappa shape index (κ3) is 2.42. The number of nitrogens with zero attached hydrogens (tertiary/aromatic N) is 1. The van der Waals surface area contributed by atoms with E-state index in [9.17, 15) is 0 Å². The van der Waals surface area contributed by atoms with Crippen molar-refractivity contribution in [2.24, 2.45) is 0 Å². The van der Waals surface area contributed by atoms with E-state index in [0.29, 0.717) is 6.73 Å². The second-order valence-electron chi connectivity index (χ2n) is 4.92. The number of aromatic nitrogens is 1. The van der Waals surface area contributed by atoms with Gasteiger partial charge < -0.3 is 14.6 Å². The average Bonchev–Trinajstić information content (AvgIpc) is 3.17. The first-order chi connectivity index (χ1) is 8.88. The molecule has 1 N–H and O–H groups in total. The van der Waals surface area contributed by atoms with Crippen molar-refractivity contribution in [1.29, 1.82) is 0 Å². The lowest BCUT2D eigenvalue weighted by atomic mass is 10.2. The van der Waals surface area contributed by atoms with E-state index in [1.54, 1.807) is 0 Å². The molecule has 18 heavy (non-hydrogen) atoms. The first kappa shape index (κ1) is 11.8. The quantitative estimate of drug-likeness (QED) is 0.845. The Bertz CT molecular complexity index is 528. The molecule has 1 heterocycles. The maximum atomic E-state index is 5.52. The number of ether oxygens (including phenoxy) is 1. The molecule has 2 aromatic rings. The molecule has 0 amide bonds. The van der Waals surface area contributed by atoms with Gasteiger partial charge in [0.15, 0.2) is 0 Å². The van der Waals surface area contributed by atoms with E-state index < -0.39 is 0 Å². The van der Waals surface area contributed by atoms with Gasteiger partial charge in [0.25, 0.3) is 0 Å². The zero-order valence-electron chi connectivity index (χ0n) is 10.9. The molecule has 1 aliphatic rings. The number of hydrogen-bond acceptors (Lipinski definition) is 2. The van der Waals surface area contributed by atoms with E-state index in [4.69, 9.17) is 4.74 Å². The summed E-state index contributed by atoms with van der Waals surface area (Å²) in [5.41, 5.74) is 2.63. The van der Waals surface area contributed by atoms with Crippen molar-refractivity contribution in [2.45, 2.75) is 39.1 Å². The molecule has 0 saturated heterocycles. The SMILES string of the molecule is CCOCn1cc(CNC2CC2)c2ccccc21. The summed E-state index contributed by atoms with van der Waals surface area (Å²) in [5.74, 6) is 0. The lowest BCUT2D eigenvalue weighted by Crippen LogP contribution is -2.14. The Morgan fingerprint density at radius 1 is 1.33 bits per heavy atom. The van der Waals surface area contributed by atoms with E-state index in [1.165, 1.54) is 29.3 Å². The van der Waals surface area contributed by atoms with Crippen molar-refractivity contribution < 1.29 is 4.74 Å². The van der Waals surface area contributed by atoms with Crippen LogP contribution in [0.1, 0.15) is 25.3 Å². The van der Waals surface area contributed by atoms with Crippen LogP contribution < -0.4 is 5.32 Å². The molecule has 3 rings (SSSR count). The van der Waals surface area contributed by atoms with Gasteiger partial charge in [-0.15, -0.1) is 0 Å². The summed E-state index contributed by atoms with van der Waals surface area (Å²) < 4.78 is 7.72. The van der Waals surface area contributed by atoms with Crippen LogP contribution in [0.3, 0.4) is 0 Å².